The van der Waals surface area contributed by atoms with Gasteiger partial charge in [0.25, 0.3) is 0 Å². The Morgan fingerprint density at radius 1 is 1.42 bits per heavy atom. The van der Waals surface area contributed by atoms with Crippen LogP contribution in [0.3, 0.4) is 0 Å². The minimum atomic E-state index is 0.837. The molecule has 0 aliphatic heterocycles. The summed E-state index contributed by atoms with van der Waals surface area (Å²) in [5.41, 5.74) is 0. The van der Waals surface area contributed by atoms with Crippen molar-refractivity contribution in [2.75, 3.05) is 18.5 Å². The van der Waals surface area contributed by atoms with Crippen molar-refractivity contribution < 1.29 is 0 Å². The minimum absolute atomic E-state index is 0.837. The minimum Gasteiger partial charge on any atom is -0.344 e. The van der Waals surface area contributed by atoms with Crippen molar-refractivity contribution in [3.8, 4) is 0 Å². The van der Waals surface area contributed by atoms with Crippen LogP contribution in [0.4, 0.5) is 5.95 Å². The standard InChI is InChI=1S/C9H13N3/c1-12(7-8-3-4-8)9-10-5-2-6-11-9/h2,5-6,8H,3-4,7H2,1H3. The van der Waals surface area contributed by atoms with E-state index in [-0.39, 0.29) is 0 Å². The van der Waals surface area contributed by atoms with E-state index < -0.39 is 0 Å². The van der Waals surface area contributed by atoms with E-state index in [9.17, 15) is 0 Å². The number of hydrogen-bond acceptors (Lipinski definition) is 3. The van der Waals surface area contributed by atoms with Crippen molar-refractivity contribution in [3.05, 3.63) is 18.5 Å². The van der Waals surface area contributed by atoms with Crippen LogP contribution in [0.1, 0.15) is 12.8 Å². The van der Waals surface area contributed by atoms with Crippen molar-refractivity contribution in [1.82, 2.24) is 9.97 Å². The third-order valence-corrected chi connectivity index (χ3v) is 2.12. The van der Waals surface area contributed by atoms with E-state index in [1.54, 1.807) is 12.4 Å². The Hall–Kier alpha value is -1.12. The summed E-state index contributed by atoms with van der Waals surface area (Å²) >= 11 is 0. The van der Waals surface area contributed by atoms with Gasteiger partial charge in [-0.2, -0.15) is 0 Å². The molecule has 1 aliphatic rings. The van der Waals surface area contributed by atoms with Gasteiger partial charge in [-0.15, -0.1) is 0 Å². The predicted molar refractivity (Wildman–Crippen MR) is 48.0 cm³/mol. The summed E-state index contributed by atoms with van der Waals surface area (Å²) in [6.45, 7) is 1.10. The molecule has 0 radical (unpaired) electrons. The molecule has 1 heterocycles. The lowest BCUT2D eigenvalue weighted by atomic mass is 10.4. The second kappa shape index (κ2) is 3.09. The highest BCUT2D eigenvalue weighted by Crippen LogP contribution is 2.29. The molecular formula is C9H13N3. The second-order valence-electron chi connectivity index (χ2n) is 3.37. The average molecular weight is 163 g/mol. The molecule has 0 saturated heterocycles. The average Bonchev–Trinajstić information content (AvgIpc) is 2.90. The highest BCUT2D eigenvalue weighted by molar-refractivity contribution is 5.26. The Morgan fingerprint density at radius 2 is 2.08 bits per heavy atom. The highest BCUT2D eigenvalue weighted by Gasteiger charge is 2.23. The van der Waals surface area contributed by atoms with Crippen LogP contribution in [0.15, 0.2) is 18.5 Å². The molecule has 0 bridgehead atoms. The van der Waals surface area contributed by atoms with Crippen molar-refractivity contribution in [1.29, 1.82) is 0 Å². The Labute approximate surface area is 72.4 Å². The fourth-order valence-corrected chi connectivity index (χ4v) is 1.26. The smallest absolute Gasteiger partial charge is 0.224 e. The molecule has 0 amide bonds. The van der Waals surface area contributed by atoms with Crippen molar-refractivity contribution >= 4 is 5.95 Å². The second-order valence-corrected chi connectivity index (χ2v) is 3.37. The molecule has 0 N–H and O–H groups in total. The molecule has 1 fully saturated rings. The van der Waals surface area contributed by atoms with E-state index in [4.69, 9.17) is 0 Å². The highest BCUT2D eigenvalue weighted by atomic mass is 15.2. The molecule has 0 aromatic carbocycles. The topological polar surface area (TPSA) is 29.0 Å². The van der Waals surface area contributed by atoms with Crippen LogP contribution in [-0.4, -0.2) is 23.6 Å². The first-order valence-corrected chi connectivity index (χ1v) is 4.34. The SMILES string of the molecule is CN(CC1CC1)c1ncccn1. The lowest BCUT2D eigenvalue weighted by Crippen LogP contribution is -2.21. The molecule has 3 heteroatoms. The van der Waals surface area contributed by atoms with Crippen molar-refractivity contribution in [2.24, 2.45) is 5.92 Å². The molecule has 0 spiro atoms. The number of aromatic nitrogens is 2. The van der Waals surface area contributed by atoms with Gasteiger partial charge in [0.05, 0.1) is 0 Å². The van der Waals surface area contributed by atoms with Crippen LogP contribution in [0.25, 0.3) is 0 Å². The van der Waals surface area contributed by atoms with E-state index in [0.29, 0.717) is 0 Å². The Kier molecular flexibility index (Phi) is 1.94. The monoisotopic (exact) mass is 163 g/mol. The first kappa shape index (κ1) is 7.53. The predicted octanol–water partition coefficient (Wildman–Crippen LogP) is 1.32. The molecule has 3 nitrogen and oxygen atoms in total. The molecule has 1 aromatic heterocycles. The molecule has 12 heavy (non-hydrogen) atoms. The van der Waals surface area contributed by atoms with Crippen LogP contribution < -0.4 is 4.90 Å². The van der Waals surface area contributed by atoms with E-state index >= 15 is 0 Å². The zero-order valence-electron chi connectivity index (χ0n) is 7.27. The third kappa shape index (κ3) is 1.72. The summed E-state index contributed by atoms with van der Waals surface area (Å²) in [6.07, 6.45) is 6.31. The normalized spacial score (nSPS) is 16.1. The number of hydrogen-bond donors (Lipinski definition) is 0. The van der Waals surface area contributed by atoms with Gasteiger partial charge in [-0.3, -0.25) is 0 Å². The van der Waals surface area contributed by atoms with Gasteiger partial charge >= 0.3 is 0 Å². The molecule has 1 aromatic rings. The van der Waals surface area contributed by atoms with Gasteiger partial charge in [-0.05, 0) is 24.8 Å². The zero-order chi connectivity index (χ0) is 8.39. The van der Waals surface area contributed by atoms with Crippen LogP contribution in [-0.2, 0) is 0 Å². The largest absolute Gasteiger partial charge is 0.344 e. The summed E-state index contributed by atoms with van der Waals surface area (Å²) in [7, 11) is 2.05. The van der Waals surface area contributed by atoms with Crippen LogP contribution in [0.2, 0.25) is 0 Å². The summed E-state index contributed by atoms with van der Waals surface area (Å²) < 4.78 is 0. The molecule has 1 aliphatic carbocycles. The maximum Gasteiger partial charge on any atom is 0.224 e. The quantitative estimate of drug-likeness (QED) is 0.673. The molecule has 64 valence electrons. The fourth-order valence-electron chi connectivity index (χ4n) is 1.26. The van der Waals surface area contributed by atoms with Crippen molar-refractivity contribution in [3.63, 3.8) is 0 Å². The van der Waals surface area contributed by atoms with Crippen LogP contribution in [0, 0.1) is 5.92 Å². The maximum atomic E-state index is 4.17. The van der Waals surface area contributed by atoms with E-state index in [1.807, 2.05) is 13.1 Å². The van der Waals surface area contributed by atoms with Crippen molar-refractivity contribution in [2.45, 2.75) is 12.8 Å². The summed E-state index contributed by atoms with van der Waals surface area (Å²) in [6, 6.07) is 1.84. The third-order valence-electron chi connectivity index (χ3n) is 2.12. The van der Waals surface area contributed by atoms with Crippen LogP contribution >= 0.6 is 0 Å². The van der Waals surface area contributed by atoms with Crippen LogP contribution in [0.5, 0.6) is 0 Å². The summed E-state index contributed by atoms with van der Waals surface area (Å²) in [5.74, 6) is 1.73. The molecule has 0 unspecified atom stereocenters. The maximum absolute atomic E-state index is 4.17. The summed E-state index contributed by atoms with van der Waals surface area (Å²) in [5, 5.41) is 0. The molecule has 1 saturated carbocycles. The molecule has 0 atom stereocenters. The summed E-state index contributed by atoms with van der Waals surface area (Å²) in [4.78, 5) is 10.5. The van der Waals surface area contributed by atoms with Gasteiger partial charge < -0.3 is 4.90 Å². The lowest BCUT2D eigenvalue weighted by molar-refractivity contribution is 0.764. The number of rotatable bonds is 3. The van der Waals surface area contributed by atoms with Gasteiger partial charge in [0.2, 0.25) is 5.95 Å². The Morgan fingerprint density at radius 3 is 2.67 bits per heavy atom. The van der Waals surface area contributed by atoms with Gasteiger partial charge in [-0.1, -0.05) is 0 Å². The van der Waals surface area contributed by atoms with E-state index in [0.717, 1.165) is 18.4 Å². The van der Waals surface area contributed by atoms with E-state index in [1.165, 1.54) is 12.8 Å². The zero-order valence-corrected chi connectivity index (χ0v) is 7.27. The Bertz CT molecular complexity index is 243. The van der Waals surface area contributed by atoms with Gasteiger partial charge in [0.1, 0.15) is 0 Å². The number of nitrogens with zero attached hydrogens (tertiary/aromatic N) is 3. The lowest BCUT2D eigenvalue weighted by Gasteiger charge is -2.15. The Balaban J connectivity index is 1.98. The number of anilines is 1. The van der Waals surface area contributed by atoms with Gasteiger partial charge in [0.15, 0.2) is 0 Å². The van der Waals surface area contributed by atoms with Gasteiger partial charge in [0, 0.05) is 26.0 Å². The molecular weight excluding hydrogens is 150 g/mol. The first-order chi connectivity index (χ1) is 5.86. The van der Waals surface area contributed by atoms with E-state index in [2.05, 4.69) is 14.9 Å². The molecule has 2 rings (SSSR count). The van der Waals surface area contributed by atoms with Gasteiger partial charge in [-0.25, -0.2) is 9.97 Å². The first-order valence-electron chi connectivity index (χ1n) is 4.34. The fraction of sp³-hybridized carbons (Fsp3) is 0.556.